The molecule has 0 unspecified atom stereocenters. The number of thiophene rings is 1. The Balaban J connectivity index is 1.90. The highest BCUT2D eigenvalue weighted by atomic mass is 32.1. The maximum atomic E-state index is 12.3. The summed E-state index contributed by atoms with van der Waals surface area (Å²) in [6.45, 7) is 4.80. The normalized spacial score (nSPS) is 10.2. The second-order valence-corrected chi connectivity index (χ2v) is 7.32. The molecule has 1 amide bonds. The van der Waals surface area contributed by atoms with Gasteiger partial charge >= 0.3 is 11.9 Å². The predicted molar refractivity (Wildman–Crippen MR) is 111 cm³/mol. The van der Waals surface area contributed by atoms with Crippen molar-refractivity contribution in [1.82, 2.24) is 0 Å². The number of aryl methyl sites for hydroxylation is 1. The Morgan fingerprint density at radius 3 is 2.37 bits per heavy atom. The van der Waals surface area contributed by atoms with Gasteiger partial charge in [0.05, 0.1) is 12.2 Å². The summed E-state index contributed by atoms with van der Waals surface area (Å²) >= 11 is 1.27. The number of amides is 1. The quantitative estimate of drug-likeness (QED) is 0.453. The molecule has 8 nitrogen and oxygen atoms in total. The van der Waals surface area contributed by atoms with Crippen molar-refractivity contribution in [3.63, 3.8) is 0 Å². The molecule has 0 saturated heterocycles. The average Bonchev–Trinajstić information content (AvgIpc) is 3.05. The Hall–Kier alpha value is -3.20. The van der Waals surface area contributed by atoms with Crippen molar-refractivity contribution >= 4 is 40.5 Å². The van der Waals surface area contributed by atoms with Crippen molar-refractivity contribution in [3.05, 3.63) is 45.8 Å². The van der Waals surface area contributed by atoms with Crippen LogP contribution in [0, 0.1) is 6.92 Å². The number of anilines is 1. The molecule has 30 heavy (non-hydrogen) atoms. The van der Waals surface area contributed by atoms with Gasteiger partial charge in [-0.3, -0.25) is 9.59 Å². The molecule has 0 radical (unpaired) electrons. The number of hydrogen-bond donors (Lipinski definition) is 1. The van der Waals surface area contributed by atoms with Crippen LogP contribution in [0.3, 0.4) is 0 Å². The van der Waals surface area contributed by atoms with Gasteiger partial charge in [0.25, 0.3) is 5.91 Å². The maximum absolute atomic E-state index is 12.3. The van der Waals surface area contributed by atoms with E-state index in [9.17, 15) is 19.2 Å². The van der Waals surface area contributed by atoms with E-state index >= 15 is 0 Å². The minimum Gasteiger partial charge on any atom is -0.482 e. The van der Waals surface area contributed by atoms with Crippen LogP contribution in [0.25, 0.3) is 0 Å². The number of ether oxygens (including phenoxy) is 3. The number of nitrogens with one attached hydrogen (secondary N) is 1. The van der Waals surface area contributed by atoms with E-state index in [4.69, 9.17) is 14.2 Å². The van der Waals surface area contributed by atoms with Crippen molar-refractivity contribution in [2.75, 3.05) is 25.1 Å². The van der Waals surface area contributed by atoms with Crippen LogP contribution >= 0.6 is 11.3 Å². The third kappa shape index (κ3) is 6.15. The van der Waals surface area contributed by atoms with Crippen LogP contribution in [0.15, 0.2) is 24.3 Å². The second kappa shape index (κ2) is 11.1. The van der Waals surface area contributed by atoms with Gasteiger partial charge in [-0.15, -0.1) is 11.3 Å². The molecule has 1 N–H and O–H groups in total. The number of rotatable bonds is 10. The van der Waals surface area contributed by atoms with Gasteiger partial charge in [0, 0.05) is 10.4 Å². The van der Waals surface area contributed by atoms with Gasteiger partial charge in [0.1, 0.15) is 17.0 Å². The van der Waals surface area contributed by atoms with Gasteiger partial charge in [-0.1, -0.05) is 6.92 Å². The van der Waals surface area contributed by atoms with Crippen LogP contribution < -0.4 is 10.1 Å². The van der Waals surface area contributed by atoms with Crippen LogP contribution in [0.5, 0.6) is 5.75 Å². The van der Waals surface area contributed by atoms with Crippen molar-refractivity contribution in [2.24, 2.45) is 0 Å². The fourth-order valence-corrected chi connectivity index (χ4v) is 3.80. The number of carbonyl (C=O) groups is 4. The molecule has 0 spiro atoms. The molecular weight excluding hydrogens is 410 g/mol. The molecule has 0 aliphatic carbocycles. The summed E-state index contributed by atoms with van der Waals surface area (Å²) in [5.41, 5.74) is 1.64. The van der Waals surface area contributed by atoms with Gasteiger partial charge in [-0.25, -0.2) is 9.59 Å². The van der Waals surface area contributed by atoms with E-state index in [1.165, 1.54) is 11.3 Å². The zero-order valence-corrected chi connectivity index (χ0v) is 17.8. The highest BCUT2D eigenvalue weighted by Crippen LogP contribution is 2.34. The molecule has 1 heterocycles. The zero-order valence-electron chi connectivity index (χ0n) is 17.0. The lowest BCUT2D eigenvalue weighted by Gasteiger charge is -2.09. The monoisotopic (exact) mass is 433 g/mol. The summed E-state index contributed by atoms with van der Waals surface area (Å²) in [6, 6.07) is 6.20. The molecule has 1 aromatic heterocycles. The molecule has 0 saturated carbocycles. The van der Waals surface area contributed by atoms with Gasteiger partial charge in [0.2, 0.25) is 0 Å². The highest BCUT2D eigenvalue weighted by Gasteiger charge is 2.23. The molecule has 0 atom stereocenters. The number of carbonyl (C=O) groups excluding carboxylic acids is 4. The third-order valence-electron chi connectivity index (χ3n) is 4.03. The molecule has 1 aromatic carbocycles. The molecule has 0 bridgehead atoms. The van der Waals surface area contributed by atoms with E-state index in [0.29, 0.717) is 34.6 Å². The van der Waals surface area contributed by atoms with E-state index in [1.54, 1.807) is 31.2 Å². The SMILES string of the molecule is CCOC(=O)c1c(NC(=O)COC(=O)COc2ccc(C=O)cc2)sc(C)c1CC. The highest BCUT2D eigenvalue weighted by molar-refractivity contribution is 7.16. The van der Waals surface area contributed by atoms with Crippen LogP contribution in [0.2, 0.25) is 0 Å². The summed E-state index contributed by atoms with van der Waals surface area (Å²) in [5.74, 6) is -1.41. The summed E-state index contributed by atoms with van der Waals surface area (Å²) in [7, 11) is 0. The van der Waals surface area contributed by atoms with Crippen LogP contribution in [0.1, 0.15) is 45.0 Å². The van der Waals surface area contributed by atoms with Crippen molar-refractivity contribution < 1.29 is 33.4 Å². The van der Waals surface area contributed by atoms with E-state index in [1.807, 2.05) is 13.8 Å². The maximum Gasteiger partial charge on any atom is 0.344 e. The van der Waals surface area contributed by atoms with E-state index < -0.39 is 24.5 Å². The average molecular weight is 433 g/mol. The summed E-state index contributed by atoms with van der Waals surface area (Å²) in [6.07, 6.45) is 1.31. The lowest BCUT2D eigenvalue weighted by atomic mass is 10.1. The van der Waals surface area contributed by atoms with Crippen LogP contribution in [0.4, 0.5) is 5.00 Å². The first-order valence-corrected chi connectivity index (χ1v) is 10.1. The lowest BCUT2D eigenvalue weighted by molar-refractivity contribution is -0.149. The Morgan fingerprint density at radius 1 is 1.07 bits per heavy atom. The standard InChI is InChI=1S/C21H23NO7S/c1-4-16-13(3)30-20(19(16)21(26)27-5-2)22-17(24)11-29-18(25)12-28-15-8-6-14(10-23)7-9-15/h6-10H,4-5,11-12H2,1-3H3,(H,22,24). The van der Waals surface area contributed by atoms with Gasteiger partial charge in [-0.2, -0.15) is 0 Å². The first kappa shape index (κ1) is 23.1. The molecule has 2 rings (SSSR count). The minimum atomic E-state index is -0.730. The first-order valence-electron chi connectivity index (χ1n) is 9.32. The van der Waals surface area contributed by atoms with Gasteiger partial charge < -0.3 is 19.5 Å². The number of esters is 2. The van der Waals surface area contributed by atoms with Crippen molar-refractivity contribution in [2.45, 2.75) is 27.2 Å². The Morgan fingerprint density at radius 2 is 1.77 bits per heavy atom. The molecule has 0 fully saturated rings. The fourth-order valence-electron chi connectivity index (χ4n) is 2.65. The molecule has 0 aliphatic heterocycles. The van der Waals surface area contributed by atoms with Crippen LogP contribution in [-0.4, -0.2) is 44.0 Å². The first-order chi connectivity index (χ1) is 14.4. The molecular formula is C21H23NO7S. The predicted octanol–water partition coefficient (Wildman–Crippen LogP) is 3.17. The third-order valence-corrected chi connectivity index (χ3v) is 5.10. The van der Waals surface area contributed by atoms with Crippen molar-refractivity contribution in [3.8, 4) is 5.75 Å². The summed E-state index contributed by atoms with van der Waals surface area (Å²) in [4.78, 5) is 47.8. The lowest BCUT2D eigenvalue weighted by Crippen LogP contribution is -2.24. The fraction of sp³-hybridized carbons (Fsp3) is 0.333. The van der Waals surface area contributed by atoms with E-state index in [-0.39, 0.29) is 13.2 Å². The Kier molecular flexibility index (Phi) is 8.54. The molecule has 2 aromatic rings. The molecule has 0 aliphatic rings. The van der Waals surface area contributed by atoms with Crippen LogP contribution in [-0.2, 0) is 25.5 Å². The molecule has 160 valence electrons. The van der Waals surface area contributed by atoms with Crippen molar-refractivity contribution in [1.29, 1.82) is 0 Å². The second-order valence-electron chi connectivity index (χ2n) is 6.10. The zero-order chi connectivity index (χ0) is 22.1. The topological polar surface area (TPSA) is 108 Å². The number of hydrogen-bond acceptors (Lipinski definition) is 8. The van der Waals surface area contributed by atoms with Gasteiger partial charge in [-0.05, 0) is 50.1 Å². The minimum absolute atomic E-state index is 0.222. The number of aldehydes is 1. The largest absolute Gasteiger partial charge is 0.482 e. The van der Waals surface area contributed by atoms with E-state index in [0.717, 1.165) is 10.4 Å². The Labute approximate surface area is 178 Å². The van der Waals surface area contributed by atoms with E-state index in [2.05, 4.69) is 5.32 Å². The molecule has 9 heteroatoms. The summed E-state index contributed by atoms with van der Waals surface area (Å²) < 4.78 is 15.2. The summed E-state index contributed by atoms with van der Waals surface area (Å²) in [5, 5.41) is 2.99. The van der Waals surface area contributed by atoms with Gasteiger partial charge in [0.15, 0.2) is 13.2 Å². The number of benzene rings is 1. The smallest absolute Gasteiger partial charge is 0.344 e. The Bertz CT molecular complexity index is 918.